The van der Waals surface area contributed by atoms with Crippen molar-refractivity contribution in [2.24, 2.45) is 0 Å². The minimum atomic E-state index is -0.197. The highest BCUT2D eigenvalue weighted by molar-refractivity contribution is 5.75. The number of carbonyl (C=O) groups is 1. The van der Waals surface area contributed by atoms with Crippen molar-refractivity contribution in [3.05, 3.63) is 30.1 Å². The molecule has 0 aliphatic carbocycles. The summed E-state index contributed by atoms with van der Waals surface area (Å²) in [6.07, 6.45) is 1.41. The summed E-state index contributed by atoms with van der Waals surface area (Å²) in [6.45, 7) is 0.402. The van der Waals surface area contributed by atoms with Crippen LogP contribution in [0.5, 0.6) is 11.5 Å². The van der Waals surface area contributed by atoms with Gasteiger partial charge in [-0.05, 0) is 12.1 Å². The lowest BCUT2D eigenvalue weighted by Gasteiger charge is -2.11. The van der Waals surface area contributed by atoms with Crippen LogP contribution in [0.1, 0.15) is 5.56 Å². The fourth-order valence-corrected chi connectivity index (χ4v) is 1.78. The van der Waals surface area contributed by atoms with E-state index in [-0.39, 0.29) is 18.4 Å². The van der Waals surface area contributed by atoms with Crippen LogP contribution in [0, 0.1) is 0 Å². The molecule has 1 amide bonds. The summed E-state index contributed by atoms with van der Waals surface area (Å²) >= 11 is 0. The van der Waals surface area contributed by atoms with Crippen LogP contribution in [0.25, 0.3) is 0 Å². The first-order valence-corrected chi connectivity index (χ1v) is 6.25. The number of benzene rings is 1. The number of aromatic nitrogens is 3. The molecule has 0 bridgehead atoms. The molecule has 1 aromatic heterocycles. The average molecular weight is 291 g/mol. The van der Waals surface area contributed by atoms with E-state index in [4.69, 9.17) is 15.2 Å². The quantitative estimate of drug-likeness (QED) is 0.787. The summed E-state index contributed by atoms with van der Waals surface area (Å²) in [5, 5.41) is 6.62. The fraction of sp³-hybridized carbons (Fsp3) is 0.308. The van der Waals surface area contributed by atoms with E-state index in [0.717, 1.165) is 5.56 Å². The highest BCUT2D eigenvalue weighted by Gasteiger charge is 2.08. The number of anilines is 1. The van der Waals surface area contributed by atoms with E-state index in [1.807, 2.05) is 12.1 Å². The molecular weight excluding hydrogens is 274 g/mol. The predicted octanol–water partition coefficient (Wildman–Crippen LogP) is 0.194. The van der Waals surface area contributed by atoms with E-state index in [0.29, 0.717) is 18.0 Å². The Morgan fingerprint density at radius 3 is 2.81 bits per heavy atom. The largest absolute Gasteiger partial charge is 0.497 e. The number of nitrogens with zero attached hydrogens (tertiary/aromatic N) is 3. The molecule has 0 atom stereocenters. The molecule has 0 spiro atoms. The van der Waals surface area contributed by atoms with E-state index in [1.165, 1.54) is 11.0 Å². The van der Waals surface area contributed by atoms with Crippen molar-refractivity contribution in [1.82, 2.24) is 20.1 Å². The van der Waals surface area contributed by atoms with Crippen LogP contribution in [0.2, 0.25) is 0 Å². The van der Waals surface area contributed by atoms with Crippen molar-refractivity contribution >= 4 is 11.9 Å². The van der Waals surface area contributed by atoms with E-state index in [2.05, 4.69) is 15.4 Å². The van der Waals surface area contributed by atoms with E-state index in [9.17, 15) is 4.79 Å². The van der Waals surface area contributed by atoms with Gasteiger partial charge in [-0.2, -0.15) is 0 Å². The van der Waals surface area contributed by atoms with Gasteiger partial charge in [0.2, 0.25) is 11.9 Å². The van der Waals surface area contributed by atoms with Crippen molar-refractivity contribution in [2.75, 3.05) is 20.0 Å². The van der Waals surface area contributed by atoms with Crippen LogP contribution in [-0.4, -0.2) is 34.9 Å². The molecule has 112 valence electrons. The van der Waals surface area contributed by atoms with Gasteiger partial charge in [-0.3, -0.25) is 4.79 Å². The number of amides is 1. The van der Waals surface area contributed by atoms with Gasteiger partial charge >= 0.3 is 0 Å². The Kier molecular flexibility index (Phi) is 4.60. The van der Waals surface area contributed by atoms with Crippen molar-refractivity contribution < 1.29 is 14.3 Å². The van der Waals surface area contributed by atoms with Gasteiger partial charge in [-0.25, -0.2) is 9.67 Å². The van der Waals surface area contributed by atoms with Gasteiger partial charge in [0.05, 0.1) is 14.2 Å². The third-order valence-electron chi connectivity index (χ3n) is 2.83. The monoisotopic (exact) mass is 291 g/mol. The Bertz CT molecular complexity index is 626. The predicted molar refractivity (Wildman–Crippen MR) is 75.8 cm³/mol. The van der Waals surface area contributed by atoms with Crippen molar-refractivity contribution in [3.8, 4) is 11.5 Å². The zero-order chi connectivity index (χ0) is 15.2. The number of hydrogen-bond acceptors (Lipinski definition) is 6. The molecule has 0 aliphatic rings. The average Bonchev–Trinajstić information content (AvgIpc) is 2.90. The van der Waals surface area contributed by atoms with Gasteiger partial charge in [0.15, 0.2) is 0 Å². The molecule has 0 radical (unpaired) electrons. The number of methoxy groups -OCH3 is 2. The van der Waals surface area contributed by atoms with E-state index in [1.54, 1.807) is 20.3 Å². The normalized spacial score (nSPS) is 10.2. The highest BCUT2D eigenvalue weighted by atomic mass is 16.5. The van der Waals surface area contributed by atoms with Gasteiger partial charge < -0.3 is 20.5 Å². The standard InChI is InChI=1S/C13H17N5O3/c1-20-10-4-3-9(11(5-10)21-2)6-15-12(19)7-18-8-16-13(14)17-18/h3-5,8H,6-7H2,1-2H3,(H2,14,17)(H,15,19). The van der Waals surface area contributed by atoms with Crippen LogP contribution in [0.4, 0.5) is 5.95 Å². The lowest BCUT2D eigenvalue weighted by atomic mass is 10.2. The summed E-state index contributed by atoms with van der Waals surface area (Å²) in [5.74, 6) is 1.29. The molecule has 1 aromatic carbocycles. The molecule has 0 aliphatic heterocycles. The maximum Gasteiger partial charge on any atom is 0.242 e. The van der Waals surface area contributed by atoms with E-state index < -0.39 is 0 Å². The second-order valence-electron chi connectivity index (χ2n) is 4.25. The number of carbonyl (C=O) groups excluding carboxylic acids is 1. The van der Waals surface area contributed by atoms with Crippen molar-refractivity contribution in [1.29, 1.82) is 0 Å². The van der Waals surface area contributed by atoms with Crippen LogP contribution in [0.3, 0.4) is 0 Å². The van der Waals surface area contributed by atoms with Gasteiger partial charge in [0.1, 0.15) is 24.4 Å². The Labute approximate surface area is 121 Å². The Morgan fingerprint density at radius 2 is 2.19 bits per heavy atom. The van der Waals surface area contributed by atoms with Crippen LogP contribution in [-0.2, 0) is 17.9 Å². The first-order valence-electron chi connectivity index (χ1n) is 6.25. The smallest absolute Gasteiger partial charge is 0.242 e. The topological polar surface area (TPSA) is 104 Å². The van der Waals surface area contributed by atoms with Crippen molar-refractivity contribution in [2.45, 2.75) is 13.1 Å². The SMILES string of the molecule is COc1ccc(CNC(=O)Cn2cnc(N)n2)c(OC)c1. The summed E-state index contributed by atoms with van der Waals surface area (Å²) in [5.41, 5.74) is 6.23. The Balaban J connectivity index is 1.94. The molecule has 0 unspecified atom stereocenters. The van der Waals surface area contributed by atoms with E-state index >= 15 is 0 Å². The summed E-state index contributed by atoms with van der Waals surface area (Å²) in [7, 11) is 3.15. The molecule has 0 saturated carbocycles. The van der Waals surface area contributed by atoms with Crippen LogP contribution in [0.15, 0.2) is 24.5 Å². The molecular formula is C13H17N5O3. The summed E-state index contributed by atoms with van der Waals surface area (Å²) in [4.78, 5) is 15.6. The molecule has 2 aromatic rings. The van der Waals surface area contributed by atoms with Crippen LogP contribution >= 0.6 is 0 Å². The molecule has 21 heavy (non-hydrogen) atoms. The molecule has 0 fully saturated rings. The number of ether oxygens (including phenoxy) is 2. The molecule has 2 rings (SSSR count). The minimum Gasteiger partial charge on any atom is -0.497 e. The molecule has 1 heterocycles. The first-order chi connectivity index (χ1) is 10.1. The lowest BCUT2D eigenvalue weighted by molar-refractivity contribution is -0.122. The molecule has 8 nitrogen and oxygen atoms in total. The summed E-state index contributed by atoms with van der Waals surface area (Å²) in [6, 6.07) is 5.41. The maximum atomic E-state index is 11.8. The molecule has 8 heteroatoms. The zero-order valence-corrected chi connectivity index (χ0v) is 11.9. The number of hydrogen-bond donors (Lipinski definition) is 2. The van der Waals surface area contributed by atoms with Gasteiger partial charge in [-0.1, -0.05) is 0 Å². The Hall–Kier alpha value is -2.77. The fourth-order valence-electron chi connectivity index (χ4n) is 1.78. The third-order valence-corrected chi connectivity index (χ3v) is 2.83. The second kappa shape index (κ2) is 6.60. The highest BCUT2D eigenvalue weighted by Crippen LogP contribution is 2.24. The Morgan fingerprint density at radius 1 is 1.38 bits per heavy atom. The van der Waals surface area contributed by atoms with Gasteiger partial charge in [0, 0.05) is 18.2 Å². The number of nitrogens with one attached hydrogen (secondary N) is 1. The minimum absolute atomic E-state index is 0.0582. The van der Waals surface area contributed by atoms with Gasteiger partial charge in [0.25, 0.3) is 0 Å². The third kappa shape index (κ3) is 3.85. The summed E-state index contributed by atoms with van der Waals surface area (Å²) < 4.78 is 11.8. The second-order valence-corrected chi connectivity index (χ2v) is 4.25. The number of nitrogen functional groups attached to an aromatic ring is 1. The lowest BCUT2D eigenvalue weighted by Crippen LogP contribution is -2.27. The number of rotatable bonds is 6. The zero-order valence-electron chi connectivity index (χ0n) is 11.9. The molecule has 0 saturated heterocycles. The van der Waals surface area contributed by atoms with Gasteiger partial charge in [-0.15, -0.1) is 5.10 Å². The molecule has 3 N–H and O–H groups in total. The van der Waals surface area contributed by atoms with Crippen molar-refractivity contribution in [3.63, 3.8) is 0 Å². The van der Waals surface area contributed by atoms with Crippen LogP contribution < -0.4 is 20.5 Å². The number of nitrogens with two attached hydrogens (primary N) is 1. The maximum absolute atomic E-state index is 11.8. The first kappa shape index (κ1) is 14.6.